The molecule has 0 unspecified atom stereocenters. The van der Waals surface area contributed by atoms with E-state index in [1.54, 1.807) is 0 Å². The van der Waals surface area contributed by atoms with Gasteiger partial charge in [-0.2, -0.15) is 0 Å². The maximum atomic E-state index is 12.6. The van der Waals surface area contributed by atoms with Crippen molar-refractivity contribution in [2.45, 2.75) is 25.9 Å². The zero-order valence-corrected chi connectivity index (χ0v) is 15.4. The summed E-state index contributed by atoms with van der Waals surface area (Å²) in [6.45, 7) is 6.66. The second-order valence-electron chi connectivity index (χ2n) is 7.61. The molecule has 0 saturated carbocycles. The average Bonchev–Trinajstić information content (AvgIpc) is 2.99. The van der Waals surface area contributed by atoms with Crippen LogP contribution in [0.15, 0.2) is 24.3 Å². The van der Waals surface area contributed by atoms with Crippen LogP contribution in [-0.4, -0.2) is 78.6 Å². The second-order valence-corrected chi connectivity index (χ2v) is 7.61. The lowest BCUT2D eigenvalue weighted by molar-refractivity contribution is -0.131. The van der Waals surface area contributed by atoms with Crippen LogP contribution in [0.25, 0.3) is 0 Å². The number of rotatable bonds is 5. The van der Waals surface area contributed by atoms with Gasteiger partial charge in [-0.1, -0.05) is 24.3 Å². The van der Waals surface area contributed by atoms with E-state index in [1.165, 1.54) is 5.56 Å². The molecular formula is C20H31N3O2. The van der Waals surface area contributed by atoms with Crippen LogP contribution in [0, 0.1) is 5.92 Å². The maximum Gasteiger partial charge on any atom is 0.236 e. The Morgan fingerprint density at radius 2 is 1.84 bits per heavy atom. The van der Waals surface area contributed by atoms with Crippen molar-refractivity contribution in [2.24, 2.45) is 5.92 Å². The predicted molar refractivity (Wildman–Crippen MR) is 99.3 cm³/mol. The number of nitrogens with zero attached hydrogens (tertiary/aromatic N) is 3. The molecule has 0 bridgehead atoms. The van der Waals surface area contributed by atoms with E-state index < -0.39 is 0 Å². The molecule has 0 radical (unpaired) electrons. The van der Waals surface area contributed by atoms with Gasteiger partial charge in [-0.15, -0.1) is 0 Å². The fourth-order valence-electron chi connectivity index (χ4n) is 3.89. The number of aliphatic hydroxyl groups excluding tert-OH is 1. The summed E-state index contributed by atoms with van der Waals surface area (Å²) < 4.78 is 0. The van der Waals surface area contributed by atoms with Gasteiger partial charge in [0.25, 0.3) is 0 Å². The van der Waals surface area contributed by atoms with E-state index in [0.29, 0.717) is 18.4 Å². The van der Waals surface area contributed by atoms with Gasteiger partial charge in [0, 0.05) is 26.2 Å². The predicted octanol–water partition coefficient (Wildman–Crippen LogP) is 1.21. The van der Waals surface area contributed by atoms with Crippen molar-refractivity contribution in [3.63, 3.8) is 0 Å². The largest absolute Gasteiger partial charge is 0.392 e. The number of carbonyl (C=O) groups is 1. The van der Waals surface area contributed by atoms with Gasteiger partial charge in [0.2, 0.25) is 5.91 Å². The zero-order valence-electron chi connectivity index (χ0n) is 15.4. The summed E-state index contributed by atoms with van der Waals surface area (Å²) in [5.41, 5.74) is 2.25. The van der Waals surface area contributed by atoms with Gasteiger partial charge in [-0.25, -0.2) is 0 Å². The van der Waals surface area contributed by atoms with Gasteiger partial charge in [-0.05, 0) is 56.4 Å². The molecule has 1 aromatic carbocycles. The minimum absolute atomic E-state index is 0.0955. The first-order valence-corrected chi connectivity index (χ1v) is 9.51. The lowest BCUT2D eigenvalue weighted by atomic mass is 9.98. The number of likely N-dealkylation sites (N-methyl/N-ethyl adjacent to an activating group) is 1. The SMILES string of the molecule is CN1CCCN(CC(=O)N2CC[C@@H](Cc3ccc(CO)cc3)C2)CC1. The molecule has 0 aliphatic carbocycles. The summed E-state index contributed by atoms with van der Waals surface area (Å²) in [4.78, 5) is 19.3. The lowest BCUT2D eigenvalue weighted by Crippen LogP contribution is -2.40. The molecule has 0 spiro atoms. The molecule has 1 amide bonds. The first-order valence-electron chi connectivity index (χ1n) is 9.51. The molecular weight excluding hydrogens is 314 g/mol. The number of amides is 1. The summed E-state index contributed by atoms with van der Waals surface area (Å²) in [6, 6.07) is 8.18. The van der Waals surface area contributed by atoms with Crippen LogP contribution in [0.2, 0.25) is 0 Å². The third kappa shape index (κ3) is 5.27. The summed E-state index contributed by atoms with van der Waals surface area (Å²) in [6.07, 6.45) is 3.26. The van der Waals surface area contributed by atoms with E-state index in [-0.39, 0.29) is 6.61 Å². The Labute approximate surface area is 151 Å². The molecule has 2 aliphatic rings. The van der Waals surface area contributed by atoms with Crippen LogP contribution in [0.1, 0.15) is 24.0 Å². The molecule has 5 heteroatoms. The smallest absolute Gasteiger partial charge is 0.236 e. The molecule has 2 saturated heterocycles. The number of benzene rings is 1. The highest BCUT2D eigenvalue weighted by molar-refractivity contribution is 5.78. The van der Waals surface area contributed by atoms with E-state index in [2.05, 4.69) is 33.9 Å². The lowest BCUT2D eigenvalue weighted by Gasteiger charge is -2.23. The number of aliphatic hydroxyl groups is 1. The fraction of sp³-hybridized carbons (Fsp3) is 0.650. The van der Waals surface area contributed by atoms with Crippen molar-refractivity contribution in [3.05, 3.63) is 35.4 Å². The van der Waals surface area contributed by atoms with Crippen LogP contribution in [0.5, 0.6) is 0 Å². The molecule has 1 atom stereocenters. The van der Waals surface area contributed by atoms with Gasteiger partial charge >= 0.3 is 0 Å². The van der Waals surface area contributed by atoms with E-state index in [1.807, 2.05) is 12.1 Å². The molecule has 2 heterocycles. The van der Waals surface area contributed by atoms with E-state index >= 15 is 0 Å². The normalized spacial score (nSPS) is 23.0. The Kier molecular flexibility index (Phi) is 6.45. The van der Waals surface area contributed by atoms with Crippen LogP contribution in [0.4, 0.5) is 0 Å². The second kappa shape index (κ2) is 8.79. The highest BCUT2D eigenvalue weighted by Gasteiger charge is 2.27. The fourth-order valence-corrected chi connectivity index (χ4v) is 3.89. The van der Waals surface area contributed by atoms with Crippen molar-refractivity contribution in [1.82, 2.24) is 14.7 Å². The molecule has 3 rings (SSSR count). The van der Waals surface area contributed by atoms with Gasteiger partial charge in [0.15, 0.2) is 0 Å². The molecule has 2 aliphatic heterocycles. The number of likely N-dealkylation sites (tertiary alicyclic amines) is 1. The molecule has 138 valence electrons. The van der Waals surface area contributed by atoms with Gasteiger partial charge in [0.1, 0.15) is 0 Å². The van der Waals surface area contributed by atoms with Crippen LogP contribution < -0.4 is 0 Å². The van der Waals surface area contributed by atoms with Crippen LogP contribution in [0.3, 0.4) is 0 Å². The van der Waals surface area contributed by atoms with E-state index in [4.69, 9.17) is 5.11 Å². The minimum atomic E-state index is 0.0955. The first-order chi connectivity index (χ1) is 12.1. The molecule has 2 fully saturated rings. The van der Waals surface area contributed by atoms with Gasteiger partial charge in [-0.3, -0.25) is 9.69 Å². The number of hydrogen-bond acceptors (Lipinski definition) is 4. The Morgan fingerprint density at radius 3 is 2.60 bits per heavy atom. The Balaban J connectivity index is 1.45. The highest BCUT2D eigenvalue weighted by Crippen LogP contribution is 2.21. The average molecular weight is 345 g/mol. The monoisotopic (exact) mass is 345 g/mol. The van der Waals surface area contributed by atoms with Gasteiger partial charge in [0.05, 0.1) is 13.2 Å². The standard InChI is InChI=1S/C20H31N3O2/c1-21-8-2-9-22(12-11-21)15-20(25)23-10-7-19(14-23)13-17-3-5-18(16-24)6-4-17/h3-6,19,24H,2,7-16H2,1H3/t19-/m0/s1. The highest BCUT2D eigenvalue weighted by atomic mass is 16.3. The third-order valence-corrected chi connectivity index (χ3v) is 5.54. The quantitative estimate of drug-likeness (QED) is 0.871. The Hall–Kier alpha value is -1.43. The van der Waals surface area contributed by atoms with Crippen molar-refractivity contribution in [1.29, 1.82) is 0 Å². The maximum absolute atomic E-state index is 12.6. The third-order valence-electron chi connectivity index (χ3n) is 5.54. The number of carbonyl (C=O) groups excluding carboxylic acids is 1. The molecule has 1 N–H and O–H groups in total. The molecule has 5 nitrogen and oxygen atoms in total. The van der Waals surface area contributed by atoms with Crippen molar-refractivity contribution >= 4 is 5.91 Å². The van der Waals surface area contributed by atoms with E-state index in [0.717, 1.165) is 64.1 Å². The molecule has 1 aromatic rings. The molecule has 25 heavy (non-hydrogen) atoms. The van der Waals surface area contributed by atoms with Crippen LogP contribution in [-0.2, 0) is 17.8 Å². The summed E-state index contributed by atoms with van der Waals surface area (Å²) in [5, 5.41) is 9.12. The molecule has 0 aromatic heterocycles. The van der Waals surface area contributed by atoms with Crippen molar-refractivity contribution < 1.29 is 9.90 Å². The summed E-state index contributed by atoms with van der Waals surface area (Å²) in [5.74, 6) is 0.849. The van der Waals surface area contributed by atoms with Crippen molar-refractivity contribution in [3.8, 4) is 0 Å². The van der Waals surface area contributed by atoms with Crippen molar-refractivity contribution in [2.75, 3.05) is 52.9 Å². The summed E-state index contributed by atoms with van der Waals surface area (Å²) >= 11 is 0. The van der Waals surface area contributed by atoms with Gasteiger partial charge < -0.3 is 14.9 Å². The minimum Gasteiger partial charge on any atom is -0.392 e. The zero-order chi connectivity index (χ0) is 17.6. The Morgan fingerprint density at radius 1 is 1.08 bits per heavy atom. The van der Waals surface area contributed by atoms with E-state index in [9.17, 15) is 4.79 Å². The topological polar surface area (TPSA) is 47.0 Å². The van der Waals surface area contributed by atoms with Crippen LogP contribution >= 0.6 is 0 Å². The summed E-state index contributed by atoms with van der Waals surface area (Å²) in [7, 11) is 2.16. The Bertz CT molecular complexity index is 561. The number of hydrogen-bond donors (Lipinski definition) is 1. The first kappa shape index (κ1) is 18.4.